The van der Waals surface area contributed by atoms with E-state index in [0.29, 0.717) is 29.8 Å². The van der Waals surface area contributed by atoms with Crippen LogP contribution in [0.3, 0.4) is 0 Å². The minimum absolute atomic E-state index is 0.329. The number of esters is 2. The molecule has 0 aliphatic carbocycles. The fourth-order valence-corrected chi connectivity index (χ4v) is 5.04. The topological polar surface area (TPSA) is 88.2 Å². The number of rotatable bonds is 10. The van der Waals surface area contributed by atoms with E-state index in [9.17, 15) is 18.8 Å². The summed E-state index contributed by atoms with van der Waals surface area (Å²) in [7, 11) is 1.36. The van der Waals surface area contributed by atoms with Crippen molar-refractivity contribution >= 4 is 23.9 Å². The summed E-state index contributed by atoms with van der Waals surface area (Å²) in [5.74, 6) is -1.68. The third-order valence-corrected chi connectivity index (χ3v) is 7.45. The van der Waals surface area contributed by atoms with Crippen molar-refractivity contribution in [1.29, 1.82) is 0 Å². The maximum absolute atomic E-state index is 13.3. The predicted octanol–water partition coefficient (Wildman–Crippen LogP) is 6.35. The first-order valence-electron chi connectivity index (χ1n) is 16.1. The standard InChI is InChI=1S/C36H42FN3O5.C2H6/c1-25-6-12-28(13-7-25)32(33(41)38-36(2,3)4)45-35(43)29-14-8-27(9-15-29)23-39-18-20-40(21-19-39)24-30(34(42)44-5)22-26-10-16-31(37)17-11-26;1-2/h6-17,22,32H,18-21,23-24H2,1-5H3,(H,38,41);1-2H3/b30-22-;. The Hall–Kier alpha value is -4.34. The van der Waals surface area contributed by atoms with Crippen LogP contribution < -0.4 is 5.32 Å². The summed E-state index contributed by atoms with van der Waals surface area (Å²) in [5.41, 5.74) is 3.84. The SMILES string of the molecule is CC.COC(=O)/C(=C\c1ccc(F)cc1)CN1CCN(Cc2ccc(C(=O)OC(C(=O)NC(C)(C)C)c3ccc(C)cc3)cc2)CC1. The summed E-state index contributed by atoms with van der Waals surface area (Å²) < 4.78 is 24.0. The number of ether oxygens (including phenoxy) is 2. The third kappa shape index (κ3) is 11.8. The first-order chi connectivity index (χ1) is 22.4. The van der Waals surface area contributed by atoms with Crippen LogP contribution >= 0.6 is 0 Å². The fourth-order valence-electron chi connectivity index (χ4n) is 5.04. The molecular weight excluding hydrogens is 597 g/mol. The van der Waals surface area contributed by atoms with Gasteiger partial charge in [0.25, 0.3) is 5.91 Å². The summed E-state index contributed by atoms with van der Waals surface area (Å²) in [6, 6.07) is 20.6. The van der Waals surface area contributed by atoms with Gasteiger partial charge >= 0.3 is 11.9 Å². The first-order valence-corrected chi connectivity index (χ1v) is 16.1. The molecule has 1 saturated heterocycles. The van der Waals surface area contributed by atoms with Crippen molar-refractivity contribution in [1.82, 2.24) is 15.1 Å². The van der Waals surface area contributed by atoms with Crippen molar-refractivity contribution in [2.75, 3.05) is 39.8 Å². The first kappa shape index (κ1) is 37.1. The number of carbonyl (C=O) groups is 3. The van der Waals surface area contributed by atoms with Crippen LogP contribution in [-0.4, -0.2) is 73.0 Å². The highest BCUT2D eigenvalue weighted by Crippen LogP contribution is 2.22. The van der Waals surface area contributed by atoms with Gasteiger partial charge in [-0.15, -0.1) is 0 Å². The van der Waals surface area contributed by atoms with E-state index in [0.717, 1.165) is 42.9 Å². The number of methoxy groups -OCH3 is 1. The van der Waals surface area contributed by atoms with Crippen molar-refractivity contribution in [3.63, 3.8) is 0 Å². The van der Waals surface area contributed by atoms with E-state index in [1.165, 1.54) is 19.2 Å². The Morgan fingerprint density at radius 2 is 1.45 bits per heavy atom. The van der Waals surface area contributed by atoms with Crippen LogP contribution in [0.15, 0.2) is 78.4 Å². The minimum Gasteiger partial charge on any atom is -0.466 e. The Bertz CT molecular complexity index is 1490. The van der Waals surface area contributed by atoms with E-state index in [2.05, 4.69) is 15.1 Å². The quantitative estimate of drug-likeness (QED) is 0.203. The Kier molecular flexibility index (Phi) is 13.9. The van der Waals surface area contributed by atoms with Gasteiger partial charge in [-0.1, -0.05) is 67.9 Å². The van der Waals surface area contributed by atoms with Crippen molar-refractivity contribution in [3.8, 4) is 0 Å². The summed E-state index contributed by atoms with van der Waals surface area (Å²) in [6.07, 6.45) is 0.669. The second-order valence-corrected chi connectivity index (χ2v) is 12.4. The number of hydrogen-bond acceptors (Lipinski definition) is 7. The van der Waals surface area contributed by atoms with Gasteiger partial charge in [-0.05, 0) is 69.2 Å². The van der Waals surface area contributed by atoms with Gasteiger partial charge in [-0.3, -0.25) is 14.6 Å². The molecule has 1 N–H and O–H groups in total. The van der Waals surface area contributed by atoms with Gasteiger partial charge in [0, 0.05) is 50.4 Å². The van der Waals surface area contributed by atoms with Crippen molar-refractivity contribution < 1.29 is 28.2 Å². The number of hydrogen-bond donors (Lipinski definition) is 1. The molecule has 1 atom stereocenters. The number of halogens is 1. The summed E-state index contributed by atoms with van der Waals surface area (Å²) >= 11 is 0. The van der Waals surface area contributed by atoms with Gasteiger partial charge in [-0.25, -0.2) is 14.0 Å². The van der Waals surface area contributed by atoms with Gasteiger partial charge < -0.3 is 14.8 Å². The molecule has 0 radical (unpaired) electrons. The summed E-state index contributed by atoms with van der Waals surface area (Å²) in [5, 5.41) is 2.91. The maximum Gasteiger partial charge on any atom is 0.339 e. The molecule has 0 saturated carbocycles. The number of nitrogens with one attached hydrogen (secondary N) is 1. The maximum atomic E-state index is 13.3. The molecule has 1 aliphatic rings. The molecule has 8 nitrogen and oxygen atoms in total. The number of benzene rings is 3. The smallest absolute Gasteiger partial charge is 0.339 e. The number of carbonyl (C=O) groups excluding carboxylic acids is 3. The van der Waals surface area contributed by atoms with Crippen LogP contribution in [0.4, 0.5) is 4.39 Å². The fraction of sp³-hybridized carbons (Fsp3) is 0.395. The van der Waals surface area contributed by atoms with E-state index in [1.54, 1.807) is 42.5 Å². The molecule has 1 fully saturated rings. The zero-order chi connectivity index (χ0) is 34.6. The molecule has 47 heavy (non-hydrogen) atoms. The Balaban J connectivity index is 0.00000294. The van der Waals surface area contributed by atoms with Crippen LogP contribution in [0, 0.1) is 12.7 Å². The van der Waals surface area contributed by atoms with E-state index in [1.807, 2.05) is 65.8 Å². The molecule has 1 aliphatic heterocycles. The molecule has 1 unspecified atom stereocenters. The van der Waals surface area contributed by atoms with Gasteiger partial charge in [0.15, 0.2) is 0 Å². The molecule has 0 spiro atoms. The average molecular weight is 646 g/mol. The lowest BCUT2D eigenvalue weighted by molar-refractivity contribution is -0.136. The molecule has 3 aromatic carbocycles. The zero-order valence-corrected chi connectivity index (χ0v) is 28.6. The van der Waals surface area contributed by atoms with Crippen LogP contribution in [0.5, 0.6) is 0 Å². The van der Waals surface area contributed by atoms with E-state index < -0.39 is 23.6 Å². The molecule has 4 rings (SSSR count). The Morgan fingerprint density at radius 3 is 2.00 bits per heavy atom. The van der Waals surface area contributed by atoms with E-state index in [4.69, 9.17) is 9.47 Å². The lowest BCUT2D eigenvalue weighted by Crippen LogP contribution is -2.46. The van der Waals surface area contributed by atoms with E-state index in [-0.39, 0.29) is 11.7 Å². The van der Waals surface area contributed by atoms with Crippen molar-refractivity contribution in [3.05, 3.63) is 112 Å². The molecule has 3 aromatic rings. The van der Waals surface area contributed by atoms with Crippen LogP contribution in [-0.2, 0) is 25.6 Å². The highest BCUT2D eigenvalue weighted by Gasteiger charge is 2.29. The number of piperazine rings is 1. The monoisotopic (exact) mass is 645 g/mol. The normalized spacial score (nSPS) is 14.8. The third-order valence-electron chi connectivity index (χ3n) is 7.45. The molecule has 9 heteroatoms. The molecule has 0 aromatic heterocycles. The largest absolute Gasteiger partial charge is 0.466 e. The summed E-state index contributed by atoms with van der Waals surface area (Å²) in [6.45, 7) is 15.9. The van der Waals surface area contributed by atoms with Crippen LogP contribution in [0.1, 0.15) is 73.3 Å². The number of aryl methyl sites for hydroxylation is 1. The Labute approximate surface area is 278 Å². The Morgan fingerprint density at radius 1 is 0.872 bits per heavy atom. The molecule has 252 valence electrons. The minimum atomic E-state index is -1.07. The zero-order valence-electron chi connectivity index (χ0n) is 28.6. The second-order valence-electron chi connectivity index (χ2n) is 12.4. The number of amides is 1. The highest BCUT2D eigenvalue weighted by atomic mass is 19.1. The van der Waals surface area contributed by atoms with Crippen molar-refractivity contribution in [2.45, 2.75) is 59.7 Å². The van der Waals surface area contributed by atoms with Crippen molar-refractivity contribution in [2.24, 2.45) is 0 Å². The van der Waals surface area contributed by atoms with Gasteiger partial charge in [0.2, 0.25) is 6.10 Å². The lowest BCUT2D eigenvalue weighted by atomic mass is 10.0. The second kappa shape index (κ2) is 17.5. The molecule has 1 heterocycles. The molecule has 1 amide bonds. The van der Waals surface area contributed by atoms with Crippen LogP contribution in [0.25, 0.3) is 6.08 Å². The van der Waals surface area contributed by atoms with Gasteiger partial charge in [-0.2, -0.15) is 0 Å². The highest BCUT2D eigenvalue weighted by molar-refractivity contribution is 5.94. The van der Waals surface area contributed by atoms with Gasteiger partial charge in [0.1, 0.15) is 5.82 Å². The predicted molar refractivity (Wildman–Crippen MR) is 183 cm³/mol. The number of nitrogens with zero attached hydrogens (tertiary/aromatic N) is 2. The average Bonchev–Trinajstić information content (AvgIpc) is 3.05. The molecule has 0 bridgehead atoms. The summed E-state index contributed by atoms with van der Waals surface area (Å²) in [4.78, 5) is 43.1. The lowest BCUT2D eigenvalue weighted by Gasteiger charge is -2.35. The van der Waals surface area contributed by atoms with Crippen LogP contribution in [0.2, 0.25) is 0 Å². The molecular formula is C38H48FN3O5. The van der Waals surface area contributed by atoms with Gasteiger partial charge in [0.05, 0.1) is 18.2 Å². The van der Waals surface area contributed by atoms with E-state index >= 15 is 0 Å².